The summed E-state index contributed by atoms with van der Waals surface area (Å²) in [6, 6.07) is 9.66. The second-order valence-electron chi connectivity index (χ2n) is 3.19. The highest BCUT2D eigenvalue weighted by Crippen LogP contribution is 2.15. The highest BCUT2D eigenvalue weighted by Gasteiger charge is 2.12. The number of nitrogens with two attached hydrogens (primary N) is 1. The van der Waals surface area contributed by atoms with E-state index in [1.807, 2.05) is 41.9 Å². The van der Waals surface area contributed by atoms with Crippen molar-refractivity contribution in [3.8, 4) is 0 Å². The summed E-state index contributed by atoms with van der Waals surface area (Å²) < 4.78 is 1.83. The van der Waals surface area contributed by atoms with Crippen LogP contribution < -0.4 is 5.73 Å². The minimum absolute atomic E-state index is 0.205. The number of hydrogen-bond donors (Lipinski definition) is 1. The number of aryl methyl sites for hydroxylation is 1. The largest absolute Gasteiger partial charge is 0.319 e. The summed E-state index contributed by atoms with van der Waals surface area (Å²) in [6.45, 7) is 0. The van der Waals surface area contributed by atoms with Crippen LogP contribution >= 0.6 is 0 Å². The maximum Gasteiger partial charge on any atom is 0.154 e. The molecule has 2 N–H and O–H groups in total. The Hall–Kier alpha value is -1.68. The van der Waals surface area contributed by atoms with Gasteiger partial charge in [0, 0.05) is 7.05 Å². The molecule has 0 fully saturated rings. The Morgan fingerprint density at radius 2 is 2.00 bits per heavy atom. The third-order valence-corrected chi connectivity index (χ3v) is 2.18. The van der Waals surface area contributed by atoms with Crippen LogP contribution in [0.25, 0.3) is 0 Å². The fraction of sp³-hybridized carbons (Fsp3) is 0.200. The SMILES string of the molecule is Cn1cnnc1[C@H](N)c1ccccc1. The first-order valence-corrected chi connectivity index (χ1v) is 4.43. The summed E-state index contributed by atoms with van der Waals surface area (Å²) in [7, 11) is 1.89. The molecule has 0 bridgehead atoms. The van der Waals surface area contributed by atoms with Crippen LogP contribution in [-0.4, -0.2) is 14.8 Å². The molecule has 2 rings (SSSR count). The second kappa shape index (κ2) is 3.59. The van der Waals surface area contributed by atoms with Crippen LogP contribution in [0.15, 0.2) is 36.7 Å². The molecule has 0 saturated heterocycles. The van der Waals surface area contributed by atoms with Crippen molar-refractivity contribution in [2.75, 3.05) is 0 Å². The molecule has 0 aliphatic rings. The maximum atomic E-state index is 6.04. The van der Waals surface area contributed by atoms with Gasteiger partial charge in [0.15, 0.2) is 5.82 Å². The number of rotatable bonds is 2. The molecular formula is C10H12N4. The summed E-state index contributed by atoms with van der Waals surface area (Å²) in [5.74, 6) is 0.774. The van der Waals surface area contributed by atoms with Gasteiger partial charge in [-0.25, -0.2) is 0 Å². The molecule has 14 heavy (non-hydrogen) atoms. The van der Waals surface area contributed by atoms with Crippen LogP contribution in [0, 0.1) is 0 Å². The van der Waals surface area contributed by atoms with Crippen molar-refractivity contribution in [3.63, 3.8) is 0 Å². The normalized spacial score (nSPS) is 12.7. The van der Waals surface area contributed by atoms with E-state index in [4.69, 9.17) is 5.73 Å². The van der Waals surface area contributed by atoms with Crippen molar-refractivity contribution in [2.24, 2.45) is 12.8 Å². The first-order chi connectivity index (χ1) is 6.79. The van der Waals surface area contributed by atoms with Gasteiger partial charge in [0.2, 0.25) is 0 Å². The predicted molar refractivity (Wildman–Crippen MR) is 53.5 cm³/mol. The lowest BCUT2D eigenvalue weighted by atomic mass is 10.1. The summed E-state index contributed by atoms with van der Waals surface area (Å²) in [4.78, 5) is 0. The molecule has 1 aromatic heterocycles. The lowest BCUT2D eigenvalue weighted by Crippen LogP contribution is -2.16. The van der Waals surface area contributed by atoms with E-state index in [-0.39, 0.29) is 6.04 Å². The zero-order valence-corrected chi connectivity index (χ0v) is 7.96. The van der Waals surface area contributed by atoms with Crippen LogP contribution in [0.4, 0.5) is 0 Å². The Kier molecular flexibility index (Phi) is 2.28. The second-order valence-corrected chi connectivity index (χ2v) is 3.19. The third-order valence-electron chi connectivity index (χ3n) is 2.18. The van der Waals surface area contributed by atoms with E-state index in [0.717, 1.165) is 11.4 Å². The van der Waals surface area contributed by atoms with E-state index in [0.29, 0.717) is 0 Å². The van der Waals surface area contributed by atoms with Crippen molar-refractivity contribution >= 4 is 0 Å². The molecule has 0 saturated carbocycles. The van der Waals surface area contributed by atoms with Gasteiger partial charge in [-0.2, -0.15) is 0 Å². The average molecular weight is 188 g/mol. The van der Waals surface area contributed by atoms with Crippen molar-refractivity contribution in [1.29, 1.82) is 0 Å². The lowest BCUT2D eigenvalue weighted by Gasteiger charge is -2.10. The van der Waals surface area contributed by atoms with Gasteiger partial charge in [-0.15, -0.1) is 10.2 Å². The van der Waals surface area contributed by atoms with E-state index in [1.165, 1.54) is 0 Å². The van der Waals surface area contributed by atoms with Crippen molar-refractivity contribution in [2.45, 2.75) is 6.04 Å². The van der Waals surface area contributed by atoms with Crippen LogP contribution in [-0.2, 0) is 7.05 Å². The Morgan fingerprint density at radius 3 is 2.57 bits per heavy atom. The van der Waals surface area contributed by atoms with E-state index in [1.54, 1.807) is 6.33 Å². The molecule has 2 aromatic rings. The van der Waals surface area contributed by atoms with Gasteiger partial charge < -0.3 is 10.3 Å². The molecular weight excluding hydrogens is 176 g/mol. The Morgan fingerprint density at radius 1 is 1.29 bits per heavy atom. The third kappa shape index (κ3) is 1.52. The maximum absolute atomic E-state index is 6.04. The number of benzene rings is 1. The van der Waals surface area contributed by atoms with Gasteiger partial charge >= 0.3 is 0 Å². The predicted octanol–water partition coefficient (Wildman–Crippen LogP) is 0.863. The van der Waals surface area contributed by atoms with Crippen LogP contribution in [0.5, 0.6) is 0 Å². The van der Waals surface area contributed by atoms with Gasteiger partial charge in [0.05, 0.1) is 6.04 Å². The number of aromatic nitrogens is 3. The zero-order chi connectivity index (χ0) is 9.97. The first kappa shape index (κ1) is 8.90. The molecule has 4 heteroatoms. The number of nitrogens with zero attached hydrogens (tertiary/aromatic N) is 3. The van der Waals surface area contributed by atoms with Gasteiger partial charge in [0.25, 0.3) is 0 Å². The quantitative estimate of drug-likeness (QED) is 0.760. The molecule has 0 aliphatic carbocycles. The van der Waals surface area contributed by atoms with Gasteiger partial charge in [-0.05, 0) is 5.56 Å². The van der Waals surface area contributed by atoms with E-state index >= 15 is 0 Å². The topological polar surface area (TPSA) is 56.7 Å². The summed E-state index contributed by atoms with van der Waals surface area (Å²) in [6.07, 6.45) is 1.65. The summed E-state index contributed by atoms with van der Waals surface area (Å²) in [5.41, 5.74) is 7.08. The fourth-order valence-corrected chi connectivity index (χ4v) is 1.38. The van der Waals surface area contributed by atoms with Gasteiger partial charge in [0.1, 0.15) is 6.33 Å². The van der Waals surface area contributed by atoms with E-state index < -0.39 is 0 Å². The fourth-order valence-electron chi connectivity index (χ4n) is 1.38. The monoisotopic (exact) mass is 188 g/mol. The molecule has 0 aliphatic heterocycles. The average Bonchev–Trinajstić information content (AvgIpc) is 2.65. The molecule has 1 heterocycles. The van der Waals surface area contributed by atoms with Crippen molar-refractivity contribution in [1.82, 2.24) is 14.8 Å². The van der Waals surface area contributed by atoms with Crippen LogP contribution in [0.2, 0.25) is 0 Å². The molecule has 1 aromatic carbocycles. The Bertz CT molecular complexity index is 407. The summed E-state index contributed by atoms with van der Waals surface area (Å²) in [5, 5.41) is 7.78. The highest BCUT2D eigenvalue weighted by molar-refractivity contribution is 5.23. The molecule has 0 radical (unpaired) electrons. The molecule has 0 amide bonds. The zero-order valence-electron chi connectivity index (χ0n) is 7.96. The molecule has 0 unspecified atom stereocenters. The molecule has 72 valence electrons. The molecule has 0 spiro atoms. The highest BCUT2D eigenvalue weighted by atomic mass is 15.3. The van der Waals surface area contributed by atoms with Crippen LogP contribution in [0.1, 0.15) is 17.4 Å². The minimum atomic E-state index is -0.205. The Balaban J connectivity index is 2.34. The smallest absolute Gasteiger partial charge is 0.154 e. The standard InChI is InChI=1S/C10H12N4/c1-14-7-12-13-10(14)9(11)8-5-3-2-4-6-8/h2-7,9H,11H2,1H3/t9-/m1/s1. The van der Waals surface area contributed by atoms with Crippen molar-refractivity contribution < 1.29 is 0 Å². The van der Waals surface area contributed by atoms with Crippen LogP contribution in [0.3, 0.4) is 0 Å². The lowest BCUT2D eigenvalue weighted by molar-refractivity contribution is 0.714. The first-order valence-electron chi connectivity index (χ1n) is 4.43. The van der Waals surface area contributed by atoms with E-state index in [9.17, 15) is 0 Å². The van der Waals surface area contributed by atoms with E-state index in [2.05, 4.69) is 10.2 Å². The van der Waals surface area contributed by atoms with Crippen molar-refractivity contribution in [3.05, 3.63) is 48.0 Å². The molecule has 4 nitrogen and oxygen atoms in total. The summed E-state index contributed by atoms with van der Waals surface area (Å²) >= 11 is 0. The van der Waals surface area contributed by atoms with Gasteiger partial charge in [-0.3, -0.25) is 0 Å². The Labute approximate surface area is 82.4 Å². The minimum Gasteiger partial charge on any atom is -0.319 e. The van der Waals surface area contributed by atoms with Gasteiger partial charge in [-0.1, -0.05) is 30.3 Å². The molecule has 1 atom stereocenters. The number of hydrogen-bond acceptors (Lipinski definition) is 3.